The van der Waals surface area contributed by atoms with Crippen molar-refractivity contribution < 1.29 is 0 Å². The van der Waals surface area contributed by atoms with E-state index in [1.165, 1.54) is 47.7 Å². The molecule has 114 valence electrons. The molecule has 2 heterocycles. The van der Waals surface area contributed by atoms with E-state index in [1.807, 2.05) is 12.3 Å². The van der Waals surface area contributed by atoms with Crippen LogP contribution in [0.1, 0.15) is 50.8 Å². The van der Waals surface area contributed by atoms with Gasteiger partial charge in [0.15, 0.2) is 0 Å². The Labute approximate surface area is 132 Å². The smallest absolute Gasteiger partial charge is 0.0799 e. The van der Waals surface area contributed by atoms with E-state index < -0.39 is 0 Å². The number of nitrogens with zero attached hydrogens (tertiary/aromatic N) is 2. The molecule has 2 aromatic heterocycles. The maximum absolute atomic E-state index is 5.05. The Hall–Kier alpha value is -1.96. The molecule has 3 rings (SSSR count). The predicted molar refractivity (Wildman–Crippen MR) is 94.3 cm³/mol. The minimum atomic E-state index is 1.03. The lowest BCUT2D eigenvalue weighted by atomic mass is 9.99. The molecule has 1 aromatic carbocycles. The average Bonchev–Trinajstić information content (AvgIpc) is 2.57. The summed E-state index contributed by atoms with van der Waals surface area (Å²) in [6.45, 7) is 4.49. The van der Waals surface area contributed by atoms with E-state index in [-0.39, 0.29) is 0 Å². The molecule has 3 aromatic rings. The fourth-order valence-electron chi connectivity index (χ4n) is 3.02. The quantitative estimate of drug-likeness (QED) is 0.563. The first kappa shape index (κ1) is 15.0. The minimum Gasteiger partial charge on any atom is -0.256 e. The molecule has 0 aliphatic rings. The van der Waals surface area contributed by atoms with Crippen LogP contribution in [0.5, 0.6) is 0 Å². The van der Waals surface area contributed by atoms with Crippen LogP contribution >= 0.6 is 0 Å². The average molecular weight is 292 g/mol. The van der Waals surface area contributed by atoms with Crippen LogP contribution in [0.4, 0.5) is 0 Å². The van der Waals surface area contributed by atoms with Crippen molar-refractivity contribution >= 4 is 21.8 Å². The van der Waals surface area contributed by atoms with Crippen LogP contribution in [0.25, 0.3) is 21.8 Å². The Bertz CT molecular complexity index is 777. The van der Waals surface area contributed by atoms with Gasteiger partial charge in [0.05, 0.1) is 11.0 Å². The Morgan fingerprint density at radius 3 is 2.59 bits per heavy atom. The van der Waals surface area contributed by atoms with Crippen molar-refractivity contribution in [2.24, 2.45) is 0 Å². The van der Waals surface area contributed by atoms with E-state index in [4.69, 9.17) is 4.98 Å². The molecule has 0 saturated carbocycles. The van der Waals surface area contributed by atoms with Gasteiger partial charge in [0, 0.05) is 22.7 Å². The van der Waals surface area contributed by atoms with Gasteiger partial charge in [-0.05, 0) is 55.5 Å². The highest BCUT2D eigenvalue weighted by molar-refractivity contribution is 6.03. The number of hydrogen-bond donors (Lipinski definition) is 0. The van der Waals surface area contributed by atoms with E-state index in [1.54, 1.807) is 0 Å². The summed E-state index contributed by atoms with van der Waals surface area (Å²) >= 11 is 0. The molecule has 0 unspecified atom stereocenters. The second-order valence-corrected chi connectivity index (χ2v) is 6.01. The van der Waals surface area contributed by atoms with Gasteiger partial charge in [-0.3, -0.25) is 9.97 Å². The van der Waals surface area contributed by atoms with Crippen molar-refractivity contribution in [3.05, 3.63) is 47.8 Å². The van der Waals surface area contributed by atoms with Gasteiger partial charge >= 0.3 is 0 Å². The second-order valence-electron chi connectivity index (χ2n) is 6.01. The number of aromatic nitrogens is 2. The number of pyridine rings is 2. The first-order chi connectivity index (χ1) is 10.8. The molecule has 2 heteroatoms. The van der Waals surface area contributed by atoms with Crippen LogP contribution in [0.15, 0.2) is 36.5 Å². The lowest BCUT2D eigenvalue weighted by molar-refractivity contribution is 0.744. The van der Waals surface area contributed by atoms with Gasteiger partial charge in [-0.15, -0.1) is 0 Å². The zero-order chi connectivity index (χ0) is 15.4. The molecule has 0 aliphatic heterocycles. The molecular weight excluding hydrogens is 268 g/mol. The summed E-state index contributed by atoms with van der Waals surface area (Å²) in [7, 11) is 0. The van der Waals surface area contributed by atoms with E-state index >= 15 is 0 Å². The fraction of sp³-hybridized carbons (Fsp3) is 0.400. The lowest BCUT2D eigenvalue weighted by Crippen LogP contribution is -2.00. The topological polar surface area (TPSA) is 25.8 Å². The summed E-state index contributed by atoms with van der Waals surface area (Å²) in [5, 5.41) is 2.41. The highest BCUT2D eigenvalue weighted by atomic mass is 14.7. The van der Waals surface area contributed by atoms with Crippen LogP contribution < -0.4 is 0 Å². The first-order valence-corrected chi connectivity index (χ1v) is 8.49. The SMILES string of the molecule is CCCCc1cc2ccc3ncccc3c2nc1CCCC. The van der Waals surface area contributed by atoms with E-state index in [2.05, 4.69) is 43.1 Å². The van der Waals surface area contributed by atoms with Crippen molar-refractivity contribution in [1.29, 1.82) is 0 Å². The molecule has 0 saturated heterocycles. The largest absolute Gasteiger partial charge is 0.256 e. The van der Waals surface area contributed by atoms with Gasteiger partial charge < -0.3 is 0 Å². The normalized spacial score (nSPS) is 11.4. The summed E-state index contributed by atoms with van der Waals surface area (Å²) in [4.78, 5) is 9.51. The van der Waals surface area contributed by atoms with Crippen LogP contribution in [-0.2, 0) is 12.8 Å². The molecule has 0 amide bonds. The van der Waals surface area contributed by atoms with E-state index in [0.717, 1.165) is 23.9 Å². The highest BCUT2D eigenvalue weighted by Gasteiger charge is 2.09. The van der Waals surface area contributed by atoms with Crippen molar-refractivity contribution in [2.75, 3.05) is 0 Å². The third kappa shape index (κ3) is 2.96. The highest BCUT2D eigenvalue weighted by Crippen LogP contribution is 2.26. The number of unbranched alkanes of at least 4 members (excludes halogenated alkanes) is 2. The Morgan fingerprint density at radius 2 is 1.77 bits per heavy atom. The van der Waals surface area contributed by atoms with Gasteiger partial charge in [0.25, 0.3) is 0 Å². The number of hydrogen-bond acceptors (Lipinski definition) is 2. The van der Waals surface area contributed by atoms with E-state index in [0.29, 0.717) is 0 Å². The van der Waals surface area contributed by atoms with Crippen molar-refractivity contribution in [2.45, 2.75) is 52.4 Å². The zero-order valence-electron chi connectivity index (χ0n) is 13.6. The summed E-state index contributed by atoms with van der Waals surface area (Å²) in [5.41, 5.74) is 4.87. The number of fused-ring (bicyclic) bond motifs is 3. The maximum Gasteiger partial charge on any atom is 0.0799 e. The molecular formula is C20H24N2. The molecule has 0 bridgehead atoms. The van der Waals surface area contributed by atoms with Crippen molar-refractivity contribution in [1.82, 2.24) is 9.97 Å². The number of rotatable bonds is 6. The molecule has 22 heavy (non-hydrogen) atoms. The zero-order valence-corrected chi connectivity index (χ0v) is 13.6. The van der Waals surface area contributed by atoms with Crippen molar-refractivity contribution in [3.63, 3.8) is 0 Å². The molecule has 0 aliphatic carbocycles. The van der Waals surface area contributed by atoms with E-state index in [9.17, 15) is 0 Å². The standard InChI is InChI=1S/C20H24N2/c1-3-5-8-15-14-16-11-12-19-17(9-7-13-21-19)20(16)22-18(15)10-6-4-2/h7,9,11-14H,3-6,8,10H2,1-2H3. The fourth-order valence-corrected chi connectivity index (χ4v) is 3.02. The molecule has 0 fully saturated rings. The first-order valence-electron chi connectivity index (χ1n) is 8.49. The lowest BCUT2D eigenvalue weighted by Gasteiger charge is -2.11. The molecule has 0 atom stereocenters. The molecule has 0 radical (unpaired) electrons. The number of aryl methyl sites for hydroxylation is 2. The third-order valence-electron chi connectivity index (χ3n) is 4.30. The summed E-state index contributed by atoms with van der Waals surface area (Å²) < 4.78 is 0. The van der Waals surface area contributed by atoms with Gasteiger partial charge in [-0.25, -0.2) is 0 Å². The Morgan fingerprint density at radius 1 is 0.955 bits per heavy atom. The molecule has 0 spiro atoms. The third-order valence-corrected chi connectivity index (χ3v) is 4.30. The van der Waals surface area contributed by atoms with Crippen LogP contribution in [-0.4, -0.2) is 9.97 Å². The van der Waals surface area contributed by atoms with Crippen LogP contribution in [0, 0.1) is 0 Å². The summed E-state index contributed by atoms with van der Waals surface area (Å²) in [5.74, 6) is 0. The van der Waals surface area contributed by atoms with Crippen LogP contribution in [0.2, 0.25) is 0 Å². The Balaban J connectivity index is 2.15. The maximum atomic E-state index is 5.05. The molecule has 0 N–H and O–H groups in total. The van der Waals surface area contributed by atoms with Gasteiger partial charge in [-0.2, -0.15) is 0 Å². The van der Waals surface area contributed by atoms with Gasteiger partial charge in [0.1, 0.15) is 0 Å². The minimum absolute atomic E-state index is 1.03. The summed E-state index contributed by atoms with van der Waals surface area (Å²) in [6, 6.07) is 10.8. The van der Waals surface area contributed by atoms with Crippen molar-refractivity contribution in [3.8, 4) is 0 Å². The number of benzene rings is 1. The predicted octanol–water partition coefficient (Wildman–Crippen LogP) is 5.47. The monoisotopic (exact) mass is 292 g/mol. The summed E-state index contributed by atoms with van der Waals surface area (Å²) in [6.07, 6.45) is 8.96. The van der Waals surface area contributed by atoms with Crippen LogP contribution in [0.3, 0.4) is 0 Å². The van der Waals surface area contributed by atoms with Gasteiger partial charge in [0.2, 0.25) is 0 Å². The molecule has 2 nitrogen and oxygen atoms in total. The van der Waals surface area contributed by atoms with Gasteiger partial charge in [-0.1, -0.05) is 32.8 Å². The second kappa shape index (κ2) is 6.87. The Kier molecular flexibility index (Phi) is 4.67.